The second-order valence-corrected chi connectivity index (χ2v) is 6.31. The van der Waals surface area contributed by atoms with E-state index in [1.54, 1.807) is 12.1 Å². The molecule has 0 aliphatic heterocycles. The van der Waals surface area contributed by atoms with Crippen molar-refractivity contribution in [3.63, 3.8) is 0 Å². The van der Waals surface area contributed by atoms with Crippen LogP contribution in [0.1, 0.15) is 23.6 Å². The maximum Gasteiger partial charge on any atom is 0.416 e. The fourth-order valence-corrected chi connectivity index (χ4v) is 2.28. The summed E-state index contributed by atoms with van der Waals surface area (Å²) < 4.78 is 48.6. The van der Waals surface area contributed by atoms with Gasteiger partial charge in [-0.25, -0.2) is 0 Å². The average molecular weight is 410 g/mol. The van der Waals surface area contributed by atoms with Gasteiger partial charge in [0.05, 0.1) is 5.56 Å². The first-order valence-corrected chi connectivity index (χ1v) is 8.69. The summed E-state index contributed by atoms with van der Waals surface area (Å²) in [5.41, 5.74) is 5.33. The van der Waals surface area contributed by atoms with Gasteiger partial charge >= 0.3 is 6.18 Å². The van der Waals surface area contributed by atoms with Crippen molar-refractivity contribution in [3.8, 4) is 11.5 Å². The SMILES string of the molecule is Cc1cccc(O[C@H](C)C(=O)NNC(=O)COc2cccc(C(F)(F)F)c2)c1C. The Bertz CT molecular complexity index is 884. The van der Waals surface area contributed by atoms with Crippen LogP contribution in [0.15, 0.2) is 42.5 Å². The molecule has 6 nitrogen and oxygen atoms in total. The van der Waals surface area contributed by atoms with Crippen LogP contribution in [0, 0.1) is 13.8 Å². The predicted octanol–water partition coefficient (Wildman–Crippen LogP) is 3.32. The van der Waals surface area contributed by atoms with Crippen molar-refractivity contribution < 1.29 is 32.2 Å². The van der Waals surface area contributed by atoms with Crippen LogP contribution >= 0.6 is 0 Å². The summed E-state index contributed by atoms with van der Waals surface area (Å²) in [5, 5.41) is 0. The number of hydrazine groups is 1. The monoisotopic (exact) mass is 410 g/mol. The van der Waals surface area contributed by atoms with Crippen LogP contribution in [0.4, 0.5) is 13.2 Å². The molecule has 0 saturated heterocycles. The second kappa shape index (κ2) is 9.31. The molecule has 0 spiro atoms. The summed E-state index contributed by atoms with van der Waals surface area (Å²) >= 11 is 0. The van der Waals surface area contributed by atoms with Crippen molar-refractivity contribution in [2.24, 2.45) is 0 Å². The van der Waals surface area contributed by atoms with Gasteiger partial charge in [0, 0.05) is 0 Å². The summed E-state index contributed by atoms with van der Waals surface area (Å²) in [6, 6.07) is 9.59. The molecule has 0 aromatic heterocycles. The van der Waals surface area contributed by atoms with Gasteiger partial charge in [0.25, 0.3) is 11.8 Å². The van der Waals surface area contributed by atoms with Crippen LogP contribution in [0.2, 0.25) is 0 Å². The number of rotatable bonds is 6. The molecule has 0 fully saturated rings. The maximum atomic E-state index is 12.7. The van der Waals surface area contributed by atoms with Gasteiger partial charge in [-0.15, -0.1) is 0 Å². The average Bonchev–Trinajstić information content (AvgIpc) is 2.67. The van der Waals surface area contributed by atoms with E-state index in [1.165, 1.54) is 19.1 Å². The minimum absolute atomic E-state index is 0.118. The molecule has 0 unspecified atom stereocenters. The quantitative estimate of drug-likeness (QED) is 0.717. The third-order valence-electron chi connectivity index (χ3n) is 4.08. The molecule has 156 valence electrons. The van der Waals surface area contributed by atoms with Crippen LogP contribution in [-0.4, -0.2) is 24.5 Å². The van der Waals surface area contributed by atoms with Gasteiger partial charge in [-0.2, -0.15) is 13.2 Å². The fourth-order valence-electron chi connectivity index (χ4n) is 2.28. The topological polar surface area (TPSA) is 76.7 Å². The van der Waals surface area contributed by atoms with E-state index in [1.807, 2.05) is 19.9 Å². The number of halogens is 3. The molecule has 2 aromatic rings. The van der Waals surface area contributed by atoms with Gasteiger partial charge < -0.3 is 9.47 Å². The van der Waals surface area contributed by atoms with E-state index in [2.05, 4.69) is 10.9 Å². The molecular formula is C20H21F3N2O4. The van der Waals surface area contributed by atoms with Crippen LogP contribution in [0.25, 0.3) is 0 Å². The first-order chi connectivity index (χ1) is 13.6. The van der Waals surface area contributed by atoms with Gasteiger partial charge in [0.15, 0.2) is 12.7 Å². The van der Waals surface area contributed by atoms with E-state index in [0.717, 1.165) is 23.3 Å². The van der Waals surface area contributed by atoms with Crippen LogP contribution in [0.5, 0.6) is 11.5 Å². The van der Waals surface area contributed by atoms with E-state index in [9.17, 15) is 22.8 Å². The van der Waals surface area contributed by atoms with Gasteiger partial charge in [0.2, 0.25) is 0 Å². The van der Waals surface area contributed by atoms with Gasteiger partial charge in [0.1, 0.15) is 11.5 Å². The molecule has 2 aromatic carbocycles. The predicted molar refractivity (Wildman–Crippen MR) is 99.2 cm³/mol. The zero-order valence-corrected chi connectivity index (χ0v) is 16.1. The fraction of sp³-hybridized carbons (Fsp3) is 0.300. The van der Waals surface area contributed by atoms with Gasteiger partial charge in [-0.3, -0.25) is 20.4 Å². The minimum Gasteiger partial charge on any atom is -0.484 e. The van der Waals surface area contributed by atoms with Gasteiger partial charge in [-0.05, 0) is 56.2 Å². The zero-order valence-electron chi connectivity index (χ0n) is 16.1. The molecule has 0 aliphatic carbocycles. The molecular weight excluding hydrogens is 389 g/mol. The van der Waals surface area contributed by atoms with Crippen molar-refractivity contribution in [2.45, 2.75) is 33.1 Å². The van der Waals surface area contributed by atoms with Gasteiger partial charge in [-0.1, -0.05) is 18.2 Å². The van der Waals surface area contributed by atoms with Crippen molar-refractivity contribution >= 4 is 11.8 Å². The molecule has 9 heteroatoms. The summed E-state index contributed by atoms with van der Waals surface area (Å²) in [7, 11) is 0. The minimum atomic E-state index is -4.51. The Hall–Kier alpha value is -3.23. The number of ether oxygens (including phenoxy) is 2. The van der Waals surface area contributed by atoms with E-state index in [4.69, 9.17) is 9.47 Å². The standard InChI is InChI=1S/C20H21F3N2O4/c1-12-6-4-9-17(13(12)2)29-14(3)19(27)25-24-18(26)11-28-16-8-5-7-15(10-16)20(21,22)23/h4-10,14H,11H2,1-3H3,(H,24,26)(H,25,27)/t14-/m1/s1. The zero-order chi connectivity index (χ0) is 21.6. The second-order valence-electron chi connectivity index (χ2n) is 6.31. The van der Waals surface area contributed by atoms with Crippen LogP contribution < -0.4 is 20.3 Å². The smallest absolute Gasteiger partial charge is 0.416 e. The Morgan fingerprint density at radius 2 is 1.76 bits per heavy atom. The molecule has 0 heterocycles. The lowest BCUT2D eigenvalue weighted by atomic mass is 10.1. The molecule has 2 amide bonds. The summed E-state index contributed by atoms with van der Waals surface area (Å²) in [6.07, 6.45) is -5.40. The molecule has 0 bridgehead atoms. The Balaban J connectivity index is 1.81. The van der Waals surface area contributed by atoms with E-state index in [-0.39, 0.29) is 5.75 Å². The van der Waals surface area contributed by atoms with Crippen molar-refractivity contribution in [1.82, 2.24) is 10.9 Å². The highest BCUT2D eigenvalue weighted by atomic mass is 19.4. The largest absolute Gasteiger partial charge is 0.484 e. The summed E-state index contributed by atoms with van der Waals surface area (Å²) in [4.78, 5) is 23.8. The Labute approximate surface area is 166 Å². The number of carbonyl (C=O) groups is 2. The molecule has 0 saturated carbocycles. The lowest BCUT2D eigenvalue weighted by molar-refractivity contribution is -0.137. The van der Waals surface area contributed by atoms with E-state index in [0.29, 0.717) is 5.75 Å². The molecule has 0 aliphatic rings. The van der Waals surface area contributed by atoms with Crippen LogP contribution in [0.3, 0.4) is 0 Å². The summed E-state index contributed by atoms with van der Waals surface area (Å²) in [5.74, 6) is -0.909. The van der Waals surface area contributed by atoms with Crippen molar-refractivity contribution in [3.05, 3.63) is 59.2 Å². The highest BCUT2D eigenvalue weighted by Gasteiger charge is 2.30. The number of hydrogen-bond acceptors (Lipinski definition) is 4. The molecule has 1 atom stereocenters. The normalized spacial score (nSPS) is 12.1. The number of alkyl halides is 3. The lowest BCUT2D eigenvalue weighted by Crippen LogP contribution is -2.48. The Kier molecular flexibility index (Phi) is 7.08. The highest BCUT2D eigenvalue weighted by Crippen LogP contribution is 2.31. The number of carbonyl (C=O) groups excluding carboxylic acids is 2. The molecule has 2 N–H and O–H groups in total. The van der Waals surface area contributed by atoms with Crippen molar-refractivity contribution in [1.29, 1.82) is 0 Å². The first kappa shape index (κ1) is 22.1. The molecule has 0 radical (unpaired) electrons. The maximum absolute atomic E-state index is 12.7. The number of nitrogens with one attached hydrogen (secondary N) is 2. The van der Waals surface area contributed by atoms with E-state index < -0.39 is 36.3 Å². The number of aryl methyl sites for hydroxylation is 1. The third-order valence-corrected chi connectivity index (χ3v) is 4.08. The first-order valence-electron chi connectivity index (χ1n) is 8.69. The van der Waals surface area contributed by atoms with E-state index >= 15 is 0 Å². The molecule has 2 rings (SSSR count). The van der Waals surface area contributed by atoms with Crippen LogP contribution in [-0.2, 0) is 15.8 Å². The summed E-state index contributed by atoms with van der Waals surface area (Å²) in [6.45, 7) is 4.72. The van der Waals surface area contributed by atoms with Crippen molar-refractivity contribution in [2.75, 3.05) is 6.61 Å². The third kappa shape index (κ3) is 6.41. The number of benzene rings is 2. The number of hydrogen-bond donors (Lipinski definition) is 2. The Morgan fingerprint density at radius 3 is 2.45 bits per heavy atom. The highest BCUT2D eigenvalue weighted by molar-refractivity contribution is 5.85. The lowest BCUT2D eigenvalue weighted by Gasteiger charge is -2.17. The number of amides is 2. The Morgan fingerprint density at radius 1 is 1.07 bits per heavy atom. The molecule has 29 heavy (non-hydrogen) atoms.